The van der Waals surface area contributed by atoms with Crippen molar-refractivity contribution in [3.63, 3.8) is 0 Å². The maximum absolute atomic E-state index is 12.9. The first-order chi connectivity index (χ1) is 9.20. The number of hydrogen-bond donors (Lipinski definition) is 1. The first kappa shape index (κ1) is 14.7. The minimum atomic E-state index is -4.67. The zero-order valence-corrected chi connectivity index (χ0v) is 11.2. The van der Waals surface area contributed by atoms with Crippen molar-refractivity contribution in [2.75, 3.05) is 18.0 Å². The SMILES string of the molecule is CC1CN(c2ccc(C(=O)O)c(C(F)(F)F)c2)CC1C. The molecule has 1 heterocycles. The number of halogens is 3. The van der Waals surface area contributed by atoms with Gasteiger partial charge in [-0.05, 0) is 30.0 Å². The molecule has 2 atom stereocenters. The Morgan fingerprint density at radius 3 is 2.25 bits per heavy atom. The van der Waals surface area contributed by atoms with Crippen LogP contribution in [0.3, 0.4) is 0 Å². The fraction of sp³-hybridized carbons (Fsp3) is 0.500. The van der Waals surface area contributed by atoms with Gasteiger partial charge in [-0.2, -0.15) is 13.2 Å². The van der Waals surface area contributed by atoms with Crippen molar-refractivity contribution in [3.8, 4) is 0 Å². The maximum Gasteiger partial charge on any atom is 0.417 e. The van der Waals surface area contributed by atoms with Gasteiger partial charge in [0.15, 0.2) is 0 Å². The molecule has 6 heteroatoms. The van der Waals surface area contributed by atoms with Crippen molar-refractivity contribution in [1.29, 1.82) is 0 Å². The van der Waals surface area contributed by atoms with Crippen LogP contribution in [0.4, 0.5) is 18.9 Å². The minimum Gasteiger partial charge on any atom is -0.478 e. The second-order valence-electron chi connectivity index (χ2n) is 5.39. The van der Waals surface area contributed by atoms with E-state index in [9.17, 15) is 18.0 Å². The molecule has 0 spiro atoms. The molecule has 1 fully saturated rings. The van der Waals surface area contributed by atoms with Crippen LogP contribution in [0.25, 0.3) is 0 Å². The van der Waals surface area contributed by atoms with Gasteiger partial charge in [-0.1, -0.05) is 13.8 Å². The van der Waals surface area contributed by atoms with Crippen molar-refractivity contribution in [2.45, 2.75) is 20.0 Å². The largest absolute Gasteiger partial charge is 0.478 e. The molecule has 0 bridgehead atoms. The van der Waals surface area contributed by atoms with E-state index in [-0.39, 0.29) is 0 Å². The van der Waals surface area contributed by atoms with Crippen molar-refractivity contribution in [3.05, 3.63) is 29.3 Å². The van der Waals surface area contributed by atoms with Gasteiger partial charge in [-0.3, -0.25) is 0 Å². The molecule has 3 nitrogen and oxygen atoms in total. The molecule has 0 radical (unpaired) electrons. The minimum absolute atomic E-state index is 0.406. The van der Waals surface area contributed by atoms with E-state index in [1.165, 1.54) is 6.07 Å². The van der Waals surface area contributed by atoms with E-state index >= 15 is 0 Å². The molecular weight excluding hydrogens is 271 g/mol. The van der Waals surface area contributed by atoms with Crippen molar-refractivity contribution < 1.29 is 23.1 Å². The van der Waals surface area contributed by atoms with E-state index in [0.29, 0.717) is 30.6 Å². The van der Waals surface area contributed by atoms with E-state index < -0.39 is 23.3 Å². The number of rotatable bonds is 2. The molecule has 0 saturated carbocycles. The molecule has 20 heavy (non-hydrogen) atoms. The topological polar surface area (TPSA) is 40.5 Å². The Labute approximate surface area is 115 Å². The van der Waals surface area contributed by atoms with E-state index in [1.807, 2.05) is 4.90 Å². The average Bonchev–Trinajstić information content (AvgIpc) is 2.67. The Balaban J connectivity index is 2.40. The number of alkyl halides is 3. The van der Waals surface area contributed by atoms with Crippen molar-refractivity contribution >= 4 is 11.7 Å². The maximum atomic E-state index is 12.9. The third-order valence-electron chi connectivity index (χ3n) is 3.89. The first-order valence-electron chi connectivity index (χ1n) is 6.39. The van der Waals surface area contributed by atoms with Crippen molar-refractivity contribution in [2.24, 2.45) is 11.8 Å². The lowest BCUT2D eigenvalue weighted by molar-refractivity contribution is -0.138. The lowest BCUT2D eigenvalue weighted by Crippen LogP contribution is -2.21. The summed E-state index contributed by atoms with van der Waals surface area (Å²) >= 11 is 0. The zero-order chi connectivity index (χ0) is 15.1. The summed E-state index contributed by atoms with van der Waals surface area (Å²) in [6, 6.07) is 3.42. The van der Waals surface area contributed by atoms with Crippen LogP contribution < -0.4 is 4.90 Å². The van der Waals surface area contributed by atoms with Gasteiger partial charge < -0.3 is 10.0 Å². The van der Waals surface area contributed by atoms with Gasteiger partial charge in [0.25, 0.3) is 0 Å². The van der Waals surface area contributed by atoms with Crippen LogP contribution in [0.2, 0.25) is 0 Å². The standard InChI is InChI=1S/C14H16F3NO2/c1-8-6-18(7-9(8)2)10-3-4-11(13(19)20)12(5-10)14(15,16)17/h3-5,8-9H,6-7H2,1-2H3,(H,19,20). The lowest BCUT2D eigenvalue weighted by atomic mass is 10.0. The van der Waals surface area contributed by atoms with Gasteiger partial charge in [-0.25, -0.2) is 4.79 Å². The number of anilines is 1. The lowest BCUT2D eigenvalue weighted by Gasteiger charge is -2.21. The predicted molar refractivity (Wildman–Crippen MR) is 68.9 cm³/mol. The molecule has 1 saturated heterocycles. The Bertz CT molecular complexity index is 518. The van der Waals surface area contributed by atoms with Gasteiger partial charge in [0.05, 0.1) is 11.1 Å². The molecule has 1 aliphatic rings. The van der Waals surface area contributed by atoms with Crippen LogP contribution >= 0.6 is 0 Å². The number of benzene rings is 1. The molecule has 1 aromatic carbocycles. The number of carboxylic acids is 1. The van der Waals surface area contributed by atoms with Gasteiger partial charge in [0, 0.05) is 18.8 Å². The molecule has 1 aromatic rings. The molecule has 110 valence electrons. The number of carboxylic acid groups (broad SMARTS) is 1. The normalized spacial score (nSPS) is 23.1. The second-order valence-corrected chi connectivity index (χ2v) is 5.39. The van der Waals surface area contributed by atoms with Crippen LogP contribution in [-0.2, 0) is 6.18 Å². The molecule has 1 N–H and O–H groups in total. The van der Waals surface area contributed by atoms with E-state index in [0.717, 1.165) is 12.1 Å². The second kappa shape index (κ2) is 5.00. The van der Waals surface area contributed by atoms with Crippen LogP contribution in [-0.4, -0.2) is 24.2 Å². The van der Waals surface area contributed by atoms with Gasteiger partial charge >= 0.3 is 12.1 Å². The zero-order valence-electron chi connectivity index (χ0n) is 11.2. The molecular formula is C14H16F3NO2. The highest BCUT2D eigenvalue weighted by atomic mass is 19.4. The Morgan fingerprint density at radius 2 is 1.80 bits per heavy atom. The van der Waals surface area contributed by atoms with Gasteiger partial charge in [0.1, 0.15) is 0 Å². The fourth-order valence-electron chi connectivity index (χ4n) is 2.49. The third kappa shape index (κ3) is 2.73. The smallest absolute Gasteiger partial charge is 0.417 e. The molecule has 2 unspecified atom stereocenters. The van der Waals surface area contributed by atoms with Gasteiger partial charge in [-0.15, -0.1) is 0 Å². The van der Waals surface area contributed by atoms with E-state index in [1.54, 1.807) is 0 Å². The predicted octanol–water partition coefficient (Wildman–Crippen LogP) is 3.50. The van der Waals surface area contributed by atoms with Crippen LogP contribution in [0.15, 0.2) is 18.2 Å². The molecule has 1 aliphatic heterocycles. The Morgan fingerprint density at radius 1 is 1.25 bits per heavy atom. The Hall–Kier alpha value is -1.72. The first-order valence-corrected chi connectivity index (χ1v) is 6.39. The fourth-order valence-corrected chi connectivity index (χ4v) is 2.49. The van der Waals surface area contributed by atoms with Crippen LogP contribution in [0.5, 0.6) is 0 Å². The molecule has 2 rings (SSSR count). The van der Waals surface area contributed by atoms with E-state index in [2.05, 4.69) is 13.8 Å². The van der Waals surface area contributed by atoms with Gasteiger partial charge in [0.2, 0.25) is 0 Å². The summed E-state index contributed by atoms with van der Waals surface area (Å²) in [6.07, 6.45) is -4.67. The summed E-state index contributed by atoms with van der Waals surface area (Å²) < 4.78 is 38.8. The monoisotopic (exact) mass is 287 g/mol. The average molecular weight is 287 g/mol. The highest BCUT2D eigenvalue weighted by Crippen LogP contribution is 2.36. The highest BCUT2D eigenvalue weighted by Gasteiger charge is 2.36. The summed E-state index contributed by atoms with van der Waals surface area (Å²) in [5.74, 6) is -0.751. The van der Waals surface area contributed by atoms with Crippen LogP contribution in [0.1, 0.15) is 29.8 Å². The quantitative estimate of drug-likeness (QED) is 0.905. The Kier molecular flexibility index (Phi) is 3.67. The summed E-state index contributed by atoms with van der Waals surface area (Å²) in [4.78, 5) is 12.8. The number of carbonyl (C=O) groups is 1. The number of aromatic carboxylic acids is 1. The summed E-state index contributed by atoms with van der Waals surface area (Å²) in [6.45, 7) is 5.48. The summed E-state index contributed by atoms with van der Waals surface area (Å²) in [7, 11) is 0. The molecule has 0 aromatic heterocycles. The molecule has 0 amide bonds. The third-order valence-corrected chi connectivity index (χ3v) is 3.89. The summed E-state index contributed by atoms with van der Waals surface area (Å²) in [5, 5.41) is 8.86. The summed E-state index contributed by atoms with van der Waals surface area (Å²) in [5.41, 5.74) is -1.37. The highest BCUT2D eigenvalue weighted by molar-refractivity contribution is 5.90. The van der Waals surface area contributed by atoms with E-state index in [4.69, 9.17) is 5.11 Å². The van der Waals surface area contributed by atoms with Crippen LogP contribution in [0, 0.1) is 11.8 Å². The molecule has 0 aliphatic carbocycles. The number of hydrogen-bond acceptors (Lipinski definition) is 2. The number of nitrogens with zero attached hydrogens (tertiary/aromatic N) is 1. The van der Waals surface area contributed by atoms with Crippen molar-refractivity contribution in [1.82, 2.24) is 0 Å².